The lowest BCUT2D eigenvalue weighted by molar-refractivity contribution is 0.400. The smallest absolute Gasteiger partial charge is 0.123 e. The number of phenols is 1. The Hall–Kier alpha value is -1.71. The molecule has 0 saturated heterocycles. The van der Waals surface area contributed by atoms with Crippen LogP contribution in [-0.2, 0) is 6.54 Å². The Labute approximate surface area is 130 Å². The van der Waals surface area contributed by atoms with Gasteiger partial charge < -0.3 is 15.2 Å². The van der Waals surface area contributed by atoms with Gasteiger partial charge in [0.05, 0.1) is 7.11 Å². The van der Waals surface area contributed by atoms with E-state index in [4.69, 9.17) is 16.3 Å². The molecule has 21 heavy (non-hydrogen) atoms. The first kappa shape index (κ1) is 15.7. The number of phenolic OH excluding ortho intramolecular Hbond substituents is 1. The van der Waals surface area contributed by atoms with Crippen molar-refractivity contribution in [2.45, 2.75) is 26.4 Å². The third kappa shape index (κ3) is 3.90. The van der Waals surface area contributed by atoms with E-state index in [-0.39, 0.29) is 11.8 Å². The molecule has 0 fully saturated rings. The first-order chi connectivity index (χ1) is 10.0. The number of halogens is 1. The molecule has 112 valence electrons. The lowest BCUT2D eigenvalue weighted by Gasteiger charge is -2.18. The second-order valence-corrected chi connectivity index (χ2v) is 5.56. The SMILES string of the molecule is COc1ccc(C)cc1C(C)NCc1cc(Cl)ccc1O. The number of ether oxygens (including phenoxy) is 1. The summed E-state index contributed by atoms with van der Waals surface area (Å²) in [5, 5.41) is 13.8. The average Bonchev–Trinajstić information content (AvgIpc) is 2.47. The molecule has 0 aliphatic carbocycles. The van der Waals surface area contributed by atoms with E-state index in [9.17, 15) is 5.11 Å². The van der Waals surface area contributed by atoms with Crippen molar-refractivity contribution in [3.05, 3.63) is 58.1 Å². The van der Waals surface area contributed by atoms with E-state index in [0.717, 1.165) is 16.9 Å². The summed E-state index contributed by atoms with van der Waals surface area (Å²) in [6, 6.07) is 11.2. The quantitative estimate of drug-likeness (QED) is 0.869. The van der Waals surface area contributed by atoms with E-state index in [1.54, 1.807) is 25.3 Å². The van der Waals surface area contributed by atoms with E-state index < -0.39 is 0 Å². The second-order valence-electron chi connectivity index (χ2n) is 5.12. The van der Waals surface area contributed by atoms with Gasteiger partial charge in [-0.05, 0) is 38.1 Å². The zero-order chi connectivity index (χ0) is 15.4. The van der Waals surface area contributed by atoms with Crippen molar-refractivity contribution < 1.29 is 9.84 Å². The van der Waals surface area contributed by atoms with Gasteiger partial charge in [-0.25, -0.2) is 0 Å². The summed E-state index contributed by atoms with van der Waals surface area (Å²) in [7, 11) is 1.67. The molecule has 0 saturated carbocycles. The fourth-order valence-corrected chi connectivity index (χ4v) is 2.46. The Morgan fingerprint density at radius 2 is 2.00 bits per heavy atom. The molecule has 2 aromatic carbocycles. The highest BCUT2D eigenvalue weighted by Gasteiger charge is 2.12. The Bertz CT molecular complexity index is 628. The molecule has 0 aliphatic rings. The normalized spacial score (nSPS) is 12.2. The highest BCUT2D eigenvalue weighted by Crippen LogP contribution is 2.27. The van der Waals surface area contributed by atoms with Gasteiger partial charge in [0.1, 0.15) is 11.5 Å². The predicted molar refractivity (Wildman–Crippen MR) is 86.1 cm³/mol. The van der Waals surface area contributed by atoms with Gasteiger partial charge in [-0.3, -0.25) is 0 Å². The molecule has 2 rings (SSSR count). The van der Waals surface area contributed by atoms with Crippen molar-refractivity contribution in [1.82, 2.24) is 5.32 Å². The molecule has 0 aliphatic heterocycles. The van der Waals surface area contributed by atoms with Crippen LogP contribution in [0.5, 0.6) is 11.5 Å². The Morgan fingerprint density at radius 1 is 1.24 bits per heavy atom. The molecule has 2 N–H and O–H groups in total. The molecule has 4 heteroatoms. The van der Waals surface area contributed by atoms with Gasteiger partial charge in [0.2, 0.25) is 0 Å². The summed E-state index contributed by atoms with van der Waals surface area (Å²) in [4.78, 5) is 0. The Morgan fingerprint density at radius 3 is 2.71 bits per heavy atom. The first-order valence-corrected chi connectivity index (χ1v) is 7.24. The summed E-state index contributed by atoms with van der Waals surface area (Å²) in [6.45, 7) is 4.65. The molecule has 0 radical (unpaired) electrons. The van der Waals surface area contributed by atoms with Crippen molar-refractivity contribution in [2.75, 3.05) is 7.11 Å². The summed E-state index contributed by atoms with van der Waals surface area (Å²) < 4.78 is 5.41. The van der Waals surface area contributed by atoms with E-state index in [1.165, 1.54) is 5.56 Å². The molecule has 0 aromatic heterocycles. The van der Waals surface area contributed by atoms with Crippen LogP contribution in [0.15, 0.2) is 36.4 Å². The Kier molecular flexibility index (Phi) is 5.10. The second kappa shape index (κ2) is 6.83. The average molecular weight is 306 g/mol. The van der Waals surface area contributed by atoms with E-state index in [1.807, 2.05) is 12.1 Å². The van der Waals surface area contributed by atoms with Gasteiger partial charge in [0.25, 0.3) is 0 Å². The first-order valence-electron chi connectivity index (χ1n) is 6.86. The number of hydrogen-bond donors (Lipinski definition) is 2. The zero-order valence-corrected chi connectivity index (χ0v) is 13.2. The minimum Gasteiger partial charge on any atom is -0.508 e. The van der Waals surface area contributed by atoms with Crippen LogP contribution in [0.25, 0.3) is 0 Å². The van der Waals surface area contributed by atoms with Crippen molar-refractivity contribution >= 4 is 11.6 Å². The van der Waals surface area contributed by atoms with E-state index in [2.05, 4.69) is 25.2 Å². The standard InChI is InChI=1S/C17H20ClNO2/c1-11-4-7-17(21-3)15(8-11)12(2)19-10-13-9-14(18)5-6-16(13)20/h4-9,12,19-20H,10H2,1-3H3. The molecule has 0 heterocycles. The minimum absolute atomic E-state index is 0.0956. The molecule has 0 spiro atoms. The molecule has 1 unspecified atom stereocenters. The third-order valence-corrected chi connectivity index (χ3v) is 3.73. The highest BCUT2D eigenvalue weighted by molar-refractivity contribution is 6.30. The van der Waals surface area contributed by atoms with Crippen molar-refractivity contribution in [3.8, 4) is 11.5 Å². The molecule has 1 atom stereocenters. The number of methoxy groups -OCH3 is 1. The van der Waals surface area contributed by atoms with Crippen molar-refractivity contribution in [1.29, 1.82) is 0 Å². The van der Waals surface area contributed by atoms with Gasteiger partial charge in [0.15, 0.2) is 0 Å². The number of benzene rings is 2. The third-order valence-electron chi connectivity index (χ3n) is 3.49. The predicted octanol–water partition coefficient (Wildman–Crippen LogP) is 4.21. The Balaban J connectivity index is 2.13. The summed E-state index contributed by atoms with van der Waals surface area (Å²) >= 11 is 5.96. The molecular weight excluding hydrogens is 286 g/mol. The number of aryl methyl sites for hydroxylation is 1. The van der Waals surface area contributed by atoms with Crippen molar-refractivity contribution in [3.63, 3.8) is 0 Å². The van der Waals surface area contributed by atoms with Gasteiger partial charge in [-0.1, -0.05) is 29.3 Å². The molecule has 0 amide bonds. The van der Waals surface area contributed by atoms with Crippen LogP contribution in [0.1, 0.15) is 29.7 Å². The van der Waals surface area contributed by atoms with Crippen LogP contribution < -0.4 is 10.1 Å². The summed E-state index contributed by atoms with van der Waals surface area (Å²) in [5.74, 6) is 1.10. The topological polar surface area (TPSA) is 41.5 Å². The van der Waals surface area contributed by atoms with Crippen LogP contribution in [0.4, 0.5) is 0 Å². The van der Waals surface area contributed by atoms with Crippen LogP contribution in [0.3, 0.4) is 0 Å². The molecular formula is C17H20ClNO2. The maximum Gasteiger partial charge on any atom is 0.123 e. The zero-order valence-electron chi connectivity index (χ0n) is 12.5. The monoisotopic (exact) mass is 305 g/mol. The molecule has 3 nitrogen and oxygen atoms in total. The fraction of sp³-hybridized carbons (Fsp3) is 0.294. The van der Waals surface area contributed by atoms with Crippen LogP contribution in [-0.4, -0.2) is 12.2 Å². The fourth-order valence-electron chi connectivity index (χ4n) is 2.26. The lowest BCUT2D eigenvalue weighted by atomic mass is 10.0. The largest absolute Gasteiger partial charge is 0.508 e. The van der Waals surface area contributed by atoms with Gasteiger partial charge in [0, 0.05) is 28.7 Å². The van der Waals surface area contributed by atoms with E-state index >= 15 is 0 Å². The number of nitrogens with one attached hydrogen (secondary N) is 1. The van der Waals surface area contributed by atoms with Crippen LogP contribution in [0.2, 0.25) is 5.02 Å². The lowest BCUT2D eigenvalue weighted by Crippen LogP contribution is -2.19. The maximum atomic E-state index is 9.84. The van der Waals surface area contributed by atoms with Crippen LogP contribution >= 0.6 is 11.6 Å². The van der Waals surface area contributed by atoms with Crippen molar-refractivity contribution in [2.24, 2.45) is 0 Å². The highest BCUT2D eigenvalue weighted by atomic mass is 35.5. The number of rotatable bonds is 5. The van der Waals surface area contributed by atoms with Gasteiger partial charge in [-0.15, -0.1) is 0 Å². The summed E-state index contributed by atoms with van der Waals surface area (Å²) in [5.41, 5.74) is 3.06. The van der Waals surface area contributed by atoms with E-state index in [0.29, 0.717) is 11.6 Å². The summed E-state index contributed by atoms with van der Waals surface area (Å²) in [6.07, 6.45) is 0. The molecule has 0 bridgehead atoms. The van der Waals surface area contributed by atoms with Gasteiger partial charge in [-0.2, -0.15) is 0 Å². The molecule has 2 aromatic rings. The minimum atomic E-state index is 0.0956. The maximum absolute atomic E-state index is 9.84. The van der Waals surface area contributed by atoms with Crippen LogP contribution in [0, 0.1) is 6.92 Å². The van der Waals surface area contributed by atoms with Gasteiger partial charge >= 0.3 is 0 Å². The number of hydrogen-bond acceptors (Lipinski definition) is 3. The number of aromatic hydroxyl groups is 1.